The SMILES string of the molecule is COc1cc2c(cc1OCCCCCOc1cc3c(cc1OC)C(=O)N1CC4(CC4)CC1CN3)NCC1CC3(CC3)CN1C2=O. The topological polar surface area (TPSA) is 102 Å². The van der Waals surface area contributed by atoms with Gasteiger partial charge in [-0.25, -0.2) is 0 Å². The lowest BCUT2D eigenvalue weighted by Crippen LogP contribution is -2.37. The fourth-order valence-electron chi connectivity index (χ4n) is 8.07. The molecule has 4 aliphatic heterocycles. The summed E-state index contributed by atoms with van der Waals surface area (Å²) in [5.41, 5.74) is 3.72. The summed E-state index contributed by atoms with van der Waals surface area (Å²) < 4.78 is 23.6. The number of fused-ring (bicyclic) bond motifs is 4. The highest BCUT2D eigenvalue weighted by molar-refractivity contribution is 6.02. The fourth-order valence-corrected chi connectivity index (χ4v) is 8.07. The summed E-state index contributed by atoms with van der Waals surface area (Å²) in [5, 5.41) is 7.04. The smallest absolute Gasteiger partial charge is 0.256 e. The first-order chi connectivity index (χ1) is 21.9. The summed E-state index contributed by atoms with van der Waals surface area (Å²) >= 11 is 0. The Hall–Kier alpha value is -3.82. The van der Waals surface area contributed by atoms with Crippen molar-refractivity contribution in [1.82, 2.24) is 9.80 Å². The molecule has 10 heteroatoms. The number of methoxy groups -OCH3 is 2. The Labute approximate surface area is 264 Å². The van der Waals surface area contributed by atoms with Gasteiger partial charge in [0.15, 0.2) is 23.0 Å². The van der Waals surface area contributed by atoms with Crippen LogP contribution in [0.1, 0.15) is 78.5 Å². The number of amides is 2. The Balaban J connectivity index is 0.836. The zero-order chi connectivity index (χ0) is 30.8. The number of nitrogens with one attached hydrogen (secondary N) is 2. The van der Waals surface area contributed by atoms with E-state index in [1.54, 1.807) is 14.2 Å². The van der Waals surface area contributed by atoms with Gasteiger partial charge in [0.25, 0.3) is 11.8 Å². The van der Waals surface area contributed by atoms with Crippen LogP contribution in [-0.2, 0) is 0 Å². The Morgan fingerprint density at radius 1 is 0.667 bits per heavy atom. The first-order valence-electron chi connectivity index (χ1n) is 16.7. The first kappa shape index (κ1) is 28.6. The van der Waals surface area contributed by atoms with E-state index in [0.29, 0.717) is 58.2 Å². The van der Waals surface area contributed by atoms with Crippen LogP contribution in [0, 0.1) is 10.8 Å². The highest BCUT2D eigenvalue weighted by atomic mass is 16.5. The van der Waals surface area contributed by atoms with Crippen LogP contribution in [0.4, 0.5) is 11.4 Å². The fraction of sp³-hybridized carbons (Fsp3) is 0.600. The average Bonchev–Trinajstić information content (AvgIpc) is 3.93. The number of unbranched alkanes of at least 4 members (excludes halogenated alkanes) is 2. The van der Waals surface area contributed by atoms with Gasteiger partial charge in [0.1, 0.15) is 0 Å². The molecule has 2 N–H and O–H groups in total. The van der Waals surface area contributed by atoms with Crippen molar-refractivity contribution in [2.45, 2.75) is 69.9 Å². The van der Waals surface area contributed by atoms with E-state index in [-0.39, 0.29) is 23.9 Å². The minimum Gasteiger partial charge on any atom is -0.493 e. The van der Waals surface area contributed by atoms with E-state index >= 15 is 0 Å². The van der Waals surface area contributed by atoms with Crippen LogP contribution >= 0.6 is 0 Å². The summed E-state index contributed by atoms with van der Waals surface area (Å²) in [6, 6.07) is 8.00. The summed E-state index contributed by atoms with van der Waals surface area (Å²) in [6.07, 6.45) is 9.78. The molecule has 4 fully saturated rings. The van der Waals surface area contributed by atoms with Crippen molar-refractivity contribution in [1.29, 1.82) is 0 Å². The van der Waals surface area contributed by atoms with Gasteiger partial charge >= 0.3 is 0 Å². The highest BCUT2D eigenvalue weighted by Gasteiger charge is 2.55. The summed E-state index contributed by atoms with van der Waals surface area (Å²) in [4.78, 5) is 31.0. The lowest BCUT2D eigenvalue weighted by atomic mass is 10.0. The number of rotatable bonds is 10. The molecule has 6 aliphatic rings. The number of benzene rings is 2. The number of anilines is 2. The molecule has 2 aromatic carbocycles. The van der Waals surface area contributed by atoms with E-state index in [2.05, 4.69) is 20.4 Å². The van der Waals surface area contributed by atoms with E-state index in [4.69, 9.17) is 18.9 Å². The molecule has 2 unspecified atom stereocenters. The molecular weight excluding hydrogens is 572 g/mol. The first-order valence-corrected chi connectivity index (χ1v) is 16.7. The quantitative estimate of drug-likeness (QED) is 0.353. The second-order valence-electron chi connectivity index (χ2n) is 14.2. The van der Waals surface area contributed by atoms with Gasteiger partial charge in [-0.15, -0.1) is 0 Å². The molecule has 2 aromatic rings. The highest BCUT2D eigenvalue weighted by Crippen LogP contribution is 2.56. The van der Waals surface area contributed by atoms with Crippen LogP contribution in [0.2, 0.25) is 0 Å². The molecule has 2 saturated heterocycles. The van der Waals surface area contributed by atoms with Gasteiger partial charge in [-0.05, 0) is 80.8 Å². The summed E-state index contributed by atoms with van der Waals surface area (Å²) in [7, 11) is 3.24. The Bertz CT molecular complexity index is 1410. The van der Waals surface area contributed by atoms with Gasteiger partial charge in [0, 0.05) is 50.4 Å². The zero-order valence-corrected chi connectivity index (χ0v) is 26.4. The minimum absolute atomic E-state index is 0.0916. The van der Waals surface area contributed by atoms with Crippen molar-refractivity contribution in [2.24, 2.45) is 10.8 Å². The van der Waals surface area contributed by atoms with Gasteiger partial charge in [-0.2, -0.15) is 0 Å². The maximum Gasteiger partial charge on any atom is 0.256 e. The number of ether oxygens (including phenoxy) is 4. The van der Waals surface area contributed by atoms with Crippen molar-refractivity contribution >= 4 is 23.2 Å². The predicted molar refractivity (Wildman–Crippen MR) is 170 cm³/mol. The molecule has 0 bridgehead atoms. The Morgan fingerprint density at radius 2 is 1.11 bits per heavy atom. The molecule has 2 spiro atoms. The molecule has 10 nitrogen and oxygen atoms in total. The second-order valence-corrected chi connectivity index (χ2v) is 14.2. The lowest BCUT2D eigenvalue weighted by molar-refractivity contribution is 0.0736. The van der Waals surface area contributed by atoms with Crippen LogP contribution in [0.3, 0.4) is 0 Å². The van der Waals surface area contributed by atoms with Crippen LogP contribution in [-0.4, -0.2) is 87.3 Å². The molecule has 45 heavy (non-hydrogen) atoms. The van der Waals surface area contributed by atoms with E-state index < -0.39 is 0 Å². The van der Waals surface area contributed by atoms with Crippen LogP contribution in [0.25, 0.3) is 0 Å². The largest absolute Gasteiger partial charge is 0.493 e. The van der Waals surface area contributed by atoms with Crippen LogP contribution < -0.4 is 29.6 Å². The van der Waals surface area contributed by atoms with Gasteiger partial charge in [-0.1, -0.05) is 0 Å². The van der Waals surface area contributed by atoms with E-state index in [9.17, 15) is 9.59 Å². The molecule has 0 radical (unpaired) electrons. The van der Waals surface area contributed by atoms with E-state index in [1.165, 1.54) is 25.7 Å². The molecule has 2 amide bonds. The number of hydrogen-bond donors (Lipinski definition) is 2. The maximum atomic E-state index is 13.4. The molecule has 0 aromatic heterocycles. The minimum atomic E-state index is 0.0916. The normalized spacial score (nSPS) is 24.5. The zero-order valence-electron chi connectivity index (χ0n) is 26.4. The van der Waals surface area contributed by atoms with Crippen LogP contribution in [0.5, 0.6) is 23.0 Å². The van der Waals surface area contributed by atoms with Gasteiger partial charge in [-0.3, -0.25) is 9.59 Å². The number of carbonyl (C=O) groups excluding carboxylic acids is 2. The predicted octanol–water partition coefficient (Wildman–Crippen LogP) is 5.17. The standard InChI is InChI=1S/C35H44N4O6/c1-42-28-12-24-26(36-18-22-16-34(6-7-34)20-38(22)32(24)40)14-30(28)44-10-4-3-5-11-45-31-15-27-25(13-29(31)43-2)33(41)39-21-35(8-9-35)17-23(39)19-37-27/h12-15,22-23,36-37H,3-11,16-21H2,1-2H3. The lowest BCUT2D eigenvalue weighted by Gasteiger charge is -2.21. The van der Waals surface area contributed by atoms with Crippen molar-refractivity contribution in [3.63, 3.8) is 0 Å². The van der Waals surface area contributed by atoms with Gasteiger partial charge in [0.05, 0.1) is 49.9 Å². The third-order valence-corrected chi connectivity index (χ3v) is 11.1. The van der Waals surface area contributed by atoms with Crippen molar-refractivity contribution in [2.75, 3.05) is 64.2 Å². The number of carbonyl (C=O) groups is 2. The van der Waals surface area contributed by atoms with Crippen LogP contribution in [0.15, 0.2) is 24.3 Å². The third kappa shape index (κ3) is 5.20. The summed E-state index contributed by atoms with van der Waals surface area (Å²) in [6.45, 7) is 4.36. The Kier molecular flexibility index (Phi) is 6.95. The van der Waals surface area contributed by atoms with E-state index in [0.717, 1.165) is 69.7 Å². The van der Waals surface area contributed by atoms with Gasteiger partial charge < -0.3 is 39.4 Å². The second kappa shape index (κ2) is 10.9. The summed E-state index contributed by atoms with van der Waals surface area (Å²) in [5.74, 6) is 2.65. The van der Waals surface area contributed by atoms with Crippen molar-refractivity contribution in [3.05, 3.63) is 35.4 Å². The molecular formula is C35H44N4O6. The molecule has 8 rings (SSSR count). The molecule has 2 aliphatic carbocycles. The molecule has 240 valence electrons. The maximum absolute atomic E-state index is 13.4. The van der Waals surface area contributed by atoms with E-state index in [1.807, 2.05) is 24.3 Å². The Morgan fingerprint density at radius 3 is 1.51 bits per heavy atom. The number of nitrogens with zero attached hydrogens (tertiary/aromatic N) is 2. The molecule has 2 saturated carbocycles. The number of hydrogen-bond acceptors (Lipinski definition) is 8. The average molecular weight is 617 g/mol. The van der Waals surface area contributed by atoms with Gasteiger partial charge in [0.2, 0.25) is 0 Å². The monoisotopic (exact) mass is 616 g/mol. The molecule has 4 heterocycles. The molecule has 2 atom stereocenters. The van der Waals surface area contributed by atoms with Crippen molar-refractivity contribution < 1.29 is 28.5 Å². The third-order valence-electron chi connectivity index (χ3n) is 11.1. The van der Waals surface area contributed by atoms with Crippen molar-refractivity contribution in [3.8, 4) is 23.0 Å².